The van der Waals surface area contributed by atoms with Gasteiger partial charge in [0.2, 0.25) is 11.7 Å². The van der Waals surface area contributed by atoms with Crippen LogP contribution in [-0.4, -0.2) is 57.0 Å². The first-order valence-corrected chi connectivity index (χ1v) is 13.5. The Hall–Kier alpha value is -2.87. The molecule has 0 fully saturated rings. The van der Waals surface area contributed by atoms with E-state index in [0.717, 1.165) is 22.7 Å². The fraction of sp³-hybridized carbons (Fsp3) is 0.375. The molecule has 0 aliphatic rings. The lowest BCUT2D eigenvalue weighted by Crippen LogP contribution is -2.52. The van der Waals surface area contributed by atoms with E-state index in [9.17, 15) is 32.7 Å². The first-order chi connectivity index (χ1) is 17.9. The van der Waals surface area contributed by atoms with Gasteiger partial charge in [-0.05, 0) is 38.3 Å². The highest BCUT2D eigenvalue weighted by molar-refractivity contribution is 7.16. The maximum Gasteiger partial charge on any atom is 0.389 e. The molecule has 8 nitrogen and oxygen atoms in total. The molecule has 0 spiro atoms. The number of Topliss-reactive ketones (excluding diaryl/α,β-unsaturated/α-hetero) is 1. The summed E-state index contributed by atoms with van der Waals surface area (Å²) in [4.78, 5) is 47.1. The Morgan fingerprint density at radius 2 is 1.87 bits per heavy atom. The van der Waals surface area contributed by atoms with Crippen LogP contribution in [0.3, 0.4) is 0 Å². The standard InChI is InChI=1S/C24H24ClF3N4O4S2/c1-13(33)5-6-17(32-21(36)18-12-30-22(38-18)14-3-2-4-15(25)11-14)20(35)31-16(7-8-24(26,27)28)19(34)23-29-9-10-37-23/h2-4,9-13,16-17,33H,5-8H2,1H3,(H,31,35)(H,32,36)/t13?,16-,17-/m0/s1. The summed E-state index contributed by atoms with van der Waals surface area (Å²) in [6.07, 6.45) is -4.58. The van der Waals surface area contributed by atoms with Crippen LogP contribution in [0.2, 0.25) is 5.02 Å². The predicted molar refractivity (Wildman–Crippen MR) is 138 cm³/mol. The smallest absolute Gasteiger partial charge is 0.389 e. The van der Waals surface area contributed by atoms with Crippen LogP contribution >= 0.6 is 34.3 Å². The van der Waals surface area contributed by atoms with E-state index in [1.165, 1.54) is 24.7 Å². The van der Waals surface area contributed by atoms with E-state index in [2.05, 4.69) is 20.6 Å². The summed E-state index contributed by atoms with van der Waals surface area (Å²) in [5.41, 5.74) is 0.693. The van der Waals surface area contributed by atoms with Crippen LogP contribution in [0.1, 0.15) is 52.1 Å². The number of benzene rings is 1. The number of aliphatic hydroxyl groups excluding tert-OH is 1. The number of carbonyl (C=O) groups excluding carboxylic acids is 3. The van der Waals surface area contributed by atoms with Gasteiger partial charge in [-0.15, -0.1) is 22.7 Å². The summed E-state index contributed by atoms with van der Waals surface area (Å²) in [6.45, 7) is 1.50. The summed E-state index contributed by atoms with van der Waals surface area (Å²) < 4.78 is 38.7. The number of amides is 2. The minimum absolute atomic E-state index is 0.0212. The van der Waals surface area contributed by atoms with Gasteiger partial charge in [-0.1, -0.05) is 23.7 Å². The molecule has 0 aliphatic heterocycles. The van der Waals surface area contributed by atoms with E-state index in [4.69, 9.17) is 11.6 Å². The lowest BCUT2D eigenvalue weighted by atomic mass is 10.0. The third kappa shape index (κ3) is 8.86. The van der Waals surface area contributed by atoms with E-state index < -0.39 is 54.8 Å². The molecule has 0 radical (unpaired) electrons. The second-order valence-electron chi connectivity index (χ2n) is 8.41. The minimum atomic E-state index is -4.54. The molecule has 3 N–H and O–H groups in total. The van der Waals surface area contributed by atoms with Gasteiger partial charge in [0.05, 0.1) is 18.3 Å². The zero-order valence-electron chi connectivity index (χ0n) is 20.0. The Labute approximate surface area is 229 Å². The van der Waals surface area contributed by atoms with Crippen molar-refractivity contribution in [3.8, 4) is 10.6 Å². The average molecular weight is 589 g/mol. The van der Waals surface area contributed by atoms with Crippen molar-refractivity contribution in [1.82, 2.24) is 20.6 Å². The fourth-order valence-corrected chi connectivity index (χ4v) is 5.02. The molecular weight excluding hydrogens is 565 g/mol. The Bertz CT molecular complexity index is 1250. The molecule has 2 aromatic heterocycles. The summed E-state index contributed by atoms with van der Waals surface area (Å²) in [5, 5.41) is 17.1. The Morgan fingerprint density at radius 1 is 1.11 bits per heavy atom. The van der Waals surface area contributed by atoms with Crippen molar-refractivity contribution in [2.75, 3.05) is 0 Å². The zero-order chi connectivity index (χ0) is 27.9. The number of rotatable bonds is 12. The number of ketones is 1. The maximum absolute atomic E-state index is 13.1. The van der Waals surface area contributed by atoms with Gasteiger partial charge in [0, 0.05) is 28.6 Å². The van der Waals surface area contributed by atoms with Gasteiger partial charge in [-0.3, -0.25) is 14.4 Å². The number of hydrogen-bond donors (Lipinski definition) is 3. The quantitative estimate of drug-likeness (QED) is 0.259. The number of nitrogens with zero attached hydrogens (tertiary/aromatic N) is 2. The average Bonchev–Trinajstić information content (AvgIpc) is 3.56. The number of aliphatic hydroxyl groups is 1. The topological polar surface area (TPSA) is 121 Å². The molecule has 204 valence electrons. The first kappa shape index (κ1) is 29.7. The van der Waals surface area contributed by atoms with Crippen LogP contribution < -0.4 is 10.6 Å². The number of aromatic nitrogens is 2. The predicted octanol–water partition coefficient (Wildman–Crippen LogP) is 4.89. The van der Waals surface area contributed by atoms with E-state index in [1.54, 1.807) is 24.3 Å². The van der Waals surface area contributed by atoms with Crippen molar-refractivity contribution in [2.45, 2.75) is 57.0 Å². The molecule has 0 bridgehead atoms. The normalized spacial score (nSPS) is 13.9. The molecular formula is C24H24ClF3N4O4S2. The van der Waals surface area contributed by atoms with Crippen molar-refractivity contribution in [3.63, 3.8) is 0 Å². The molecule has 14 heteroatoms. The Balaban J connectivity index is 1.76. The molecule has 3 aromatic rings. The van der Waals surface area contributed by atoms with Crippen LogP contribution in [0.5, 0.6) is 0 Å². The number of halogens is 4. The van der Waals surface area contributed by atoms with Gasteiger partial charge in [0.1, 0.15) is 15.9 Å². The van der Waals surface area contributed by atoms with Crippen molar-refractivity contribution in [1.29, 1.82) is 0 Å². The third-order valence-electron chi connectivity index (χ3n) is 5.29. The van der Waals surface area contributed by atoms with E-state index in [1.807, 2.05) is 0 Å². The highest BCUT2D eigenvalue weighted by Gasteiger charge is 2.34. The molecule has 2 heterocycles. The number of hydrogen-bond acceptors (Lipinski definition) is 8. The molecule has 1 unspecified atom stereocenters. The Kier molecular flexibility index (Phi) is 10.4. The van der Waals surface area contributed by atoms with Crippen LogP contribution in [-0.2, 0) is 4.79 Å². The van der Waals surface area contributed by atoms with E-state index in [-0.39, 0.29) is 22.7 Å². The summed E-state index contributed by atoms with van der Waals surface area (Å²) in [6, 6.07) is 4.15. The molecule has 0 saturated heterocycles. The molecule has 0 saturated carbocycles. The summed E-state index contributed by atoms with van der Waals surface area (Å²) in [7, 11) is 0. The van der Waals surface area contributed by atoms with Gasteiger partial charge in [-0.25, -0.2) is 9.97 Å². The molecule has 1 aromatic carbocycles. The van der Waals surface area contributed by atoms with Gasteiger partial charge in [0.25, 0.3) is 5.91 Å². The van der Waals surface area contributed by atoms with Crippen molar-refractivity contribution < 1.29 is 32.7 Å². The molecule has 2 amide bonds. The monoisotopic (exact) mass is 588 g/mol. The molecule has 3 atom stereocenters. The number of carbonyl (C=O) groups is 3. The summed E-state index contributed by atoms with van der Waals surface area (Å²) >= 11 is 8.02. The molecule has 38 heavy (non-hydrogen) atoms. The minimum Gasteiger partial charge on any atom is -0.393 e. The van der Waals surface area contributed by atoms with Crippen LogP contribution in [0.4, 0.5) is 13.2 Å². The molecule has 3 rings (SSSR count). The van der Waals surface area contributed by atoms with Crippen molar-refractivity contribution in [3.05, 3.63) is 56.9 Å². The van der Waals surface area contributed by atoms with Crippen molar-refractivity contribution >= 4 is 51.9 Å². The van der Waals surface area contributed by atoms with Gasteiger partial charge >= 0.3 is 6.18 Å². The first-order valence-electron chi connectivity index (χ1n) is 11.4. The van der Waals surface area contributed by atoms with E-state index in [0.29, 0.717) is 15.6 Å². The van der Waals surface area contributed by atoms with Gasteiger partial charge < -0.3 is 15.7 Å². The van der Waals surface area contributed by atoms with Crippen LogP contribution in [0.25, 0.3) is 10.6 Å². The highest BCUT2D eigenvalue weighted by Crippen LogP contribution is 2.27. The number of nitrogens with one attached hydrogen (secondary N) is 2. The van der Waals surface area contributed by atoms with Crippen LogP contribution in [0.15, 0.2) is 42.0 Å². The van der Waals surface area contributed by atoms with Crippen molar-refractivity contribution in [2.24, 2.45) is 0 Å². The molecule has 0 aliphatic carbocycles. The lowest BCUT2D eigenvalue weighted by Gasteiger charge is -2.23. The van der Waals surface area contributed by atoms with Crippen LogP contribution in [0, 0.1) is 0 Å². The van der Waals surface area contributed by atoms with Gasteiger partial charge in [-0.2, -0.15) is 13.2 Å². The highest BCUT2D eigenvalue weighted by atomic mass is 35.5. The van der Waals surface area contributed by atoms with E-state index >= 15 is 0 Å². The number of alkyl halides is 3. The second kappa shape index (κ2) is 13.3. The zero-order valence-corrected chi connectivity index (χ0v) is 22.4. The van der Waals surface area contributed by atoms with Gasteiger partial charge in [0.15, 0.2) is 5.01 Å². The fourth-order valence-electron chi connectivity index (χ4n) is 3.38. The maximum atomic E-state index is 13.1. The largest absolute Gasteiger partial charge is 0.393 e. The second-order valence-corrected chi connectivity index (χ2v) is 10.8. The third-order valence-corrected chi connectivity index (χ3v) is 7.36. The SMILES string of the molecule is CC(O)CC[C@H](NC(=O)c1cnc(-c2cccc(Cl)c2)s1)C(=O)N[C@@H](CCC(F)(F)F)C(=O)c1nccs1. The Morgan fingerprint density at radius 3 is 2.50 bits per heavy atom. The summed E-state index contributed by atoms with van der Waals surface area (Å²) in [5.74, 6) is -2.25. The lowest BCUT2D eigenvalue weighted by molar-refractivity contribution is -0.137. The number of thiazole rings is 2.